The summed E-state index contributed by atoms with van der Waals surface area (Å²) < 4.78 is 0. The third kappa shape index (κ3) is 2.34. The molecular formula is C12H20N4O. The summed E-state index contributed by atoms with van der Waals surface area (Å²) >= 11 is 0. The standard InChI is InChI=1S/C12H20N4O/c1-9-10(7-14-15-9)11(17)16-5-3-12(2,8-13)4-6-16/h7H,3-6,8,13H2,1-2H3,(H,14,15). The van der Waals surface area contributed by atoms with Crippen LogP contribution in [0.5, 0.6) is 0 Å². The molecular weight excluding hydrogens is 216 g/mol. The Morgan fingerprint density at radius 3 is 2.71 bits per heavy atom. The number of hydrogen-bond donors (Lipinski definition) is 2. The Hall–Kier alpha value is -1.36. The van der Waals surface area contributed by atoms with Crippen LogP contribution < -0.4 is 5.73 Å². The van der Waals surface area contributed by atoms with Crippen LogP contribution in [-0.2, 0) is 0 Å². The Bertz CT molecular complexity index is 404. The van der Waals surface area contributed by atoms with Crippen LogP contribution in [0.4, 0.5) is 0 Å². The van der Waals surface area contributed by atoms with Crippen molar-refractivity contribution in [2.45, 2.75) is 26.7 Å². The number of carbonyl (C=O) groups is 1. The van der Waals surface area contributed by atoms with Crippen LogP contribution in [0.25, 0.3) is 0 Å². The maximum Gasteiger partial charge on any atom is 0.257 e. The average Bonchev–Trinajstić information content (AvgIpc) is 2.76. The van der Waals surface area contributed by atoms with E-state index >= 15 is 0 Å². The molecule has 0 aliphatic carbocycles. The summed E-state index contributed by atoms with van der Waals surface area (Å²) in [6.45, 7) is 6.33. The van der Waals surface area contributed by atoms with E-state index in [1.165, 1.54) is 0 Å². The summed E-state index contributed by atoms with van der Waals surface area (Å²) in [6.07, 6.45) is 3.56. The Morgan fingerprint density at radius 1 is 1.59 bits per heavy atom. The van der Waals surface area contributed by atoms with Crippen molar-refractivity contribution in [2.75, 3.05) is 19.6 Å². The number of aryl methyl sites for hydroxylation is 1. The predicted molar refractivity (Wildman–Crippen MR) is 65.6 cm³/mol. The van der Waals surface area contributed by atoms with E-state index in [1.807, 2.05) is 11.8 Å². The van der Waals surface area contributed by atoms with Gasteiger partial charge in [-0.3, -0.25) is 9.89 Å². The number of nitrogens with two attached hydrogens (primary N) is 1. The van der Waals surface area contributed by atoms with Crippen LogP contribution >= 0.6 is 0 Å². The van der Waals surface area contributed by atoms with Crippen molar-refractivity contribution >= 4 is 5.91 Å². The molecule has 1 amide bonds. The van der Waals surface area contributed by atoms with Gasteiger partial charge in [-0.25, -0.2) is 0 Å². The van der Waals surface area contributed by atoms with Gasteiger partial charge in [0.1, 0.15) is 0 Å². The second-order valence-electron chi connectivity index (χ2n) is 5.22. The monoisotopic (exact) mass is 236 g/mol. The largest absolute Gasteiger partial charge is 0.339 e. The lowest BCUT2D eigenvalue weighted by Gasteiger charge is -2.38. The van der Waals surface area contributed by atoms with Crippen LogP contribution in [0.15, 0.2) is 6.20 Å². The molecule has 94 valence electrons. The highest BCUT2D eigenvalue weighted by Crippen LogP contribution is 2.30. The van der Waals surface area contributed by atoms with E-state index in [-0.39, 0.29) is 11.3 Å². The smallest absolute Gasteiger partial charge is 0.257 e. The van der Waals surface area contributed by atoms with E-state index in [1.54, 1.807) is 6.20 Å². The number of carbonyl (C=O) groups excluding carboxylic acids is 1. The van der Waals surface area contributed by atoms with Crippen LogP contribution in [0, 0.1) is 12.3 Å². The van der Waals surface area contributed by atoms with Crippen molar-refractivity contribution in [1.82, 2.24) is 15.1 Å². The topological polar surface area (TPSA) is 75.0 Å². The fraction of sp³-hybridized carbons (Fsp3) is 0.667. The molecule has 0 unspecified atom stereocenters. The van der Waals surface area contributed by atoms with Gasteiger partial charge < -0.3 is 10.6 Å². The van der Waals surface area contributed by atoms with Gasteiger partial charge >= 0.3 is 0 Å². The SMILES string of the molecule is Cc1[nH]ncc1C(=O)N1CCC(C)(CN)CC1. The zero-order chi connectivity index (χ0) is 12.5. The number of aromatic nitrogens is 2. The van der Waals surface area contributed by atoms with Crippen LogP contribution in [0.2, 0.25) is 0 Å². The third-order valence-electron chi connectivity index (χ3n) is 3.81. The molecule has 0 spiro atoms. The molecule has 2 rings (SSSR count). The lowest BCUT2D eigenvalue weighted by atomic mass is 9.80. The highest BCUT2D eigenvalue weighted by atomic mass is 16.2. The maximum atomic E-state index is 12.2. The van der Waals surface area contributed by atoms with Crippen molar-refractivity contribution in [3.8, 4) is 0 Å². The van der Waals surface area contributed by atoms with E-state index < -0.39 is 0 Å². The molecule has 1 aromatic rings. The minimum Gasteiger partial charge on any atom is -0.339 e. The molecule has 5 heteroatoms. The highest BCUT2D eigenvalue weighted by Gasteiger charge is 2.31. The van der Waals surface area contributed by atoms with Crippen LogP contribution in [0.1, 0.15) is 35.8 Å². The number of piperidine rings is 1. The van der Waals surface area contributed by atoms with Gasteiger partial charge in [-0.1, -0.05) is 6.92 Å². The minimum atomic E-state index is 0.0790. The van der Waals surface area contributed by atoms with Gasteiger partial charge in [-0.05, 0) is 31.7 Å². The van der Waals surface area contributed by atoms with Crippen LogP contribution in [0.3, 0.4) is 0 Å². The summed E-state index contributed by atoms with van der Waals surface area (Å²) in [5.41, 5.74) is 7.47. The number of likely N-dealkylation sites (tertiary alicyclic amines) is 1. The number of nitrogens with zero attached hydrogens (tertiary/aromatic N) is 2. The Morgan fingerprint density at radius 2 is 2.24 bits per heavy atom. The Balaban J connectivity index is 2.02. The molecule has 0 aromatic carbocycles. The fourth-order valence-electron chi connectivity index (χ4n) is 2.19. The third-order valence-corrected chi connectivity index (χ3v) is 3.81. The first-order chi connectivity index (χ1) is 8.06. The molecule has 2 heterocycles. The number of hydrogen-bond acceptors (Lipinski definition) is 3. The second kappa shape index (κ2) is 4.49. The van der Waals surface area contributed by atoms with Crippen molar-refractivity contribution in [3.05, 3.63) is 17.5 Å². The summed E-state index contributed by atoms with van der Waals surface area (Å²) in [7, 11) is 0. The Labute approximate surface area is 101 Å². The predicted octanol–water partition coefficient (Wildman–Crippen LogP) is 0.919. The molecule has 0 radical (unpaired) electrons. The molecule has 5 nitrogen and oxygen atoms in total. The Kier molecular flexibility index (Phi) is 3.19. The van der Waals surface area contributed by atoms with E-state index in [4.69, 9.17) is 5.73 Å². The fourth-order valence-corrected chi connectivity index (χ4v) is 2.19. The van der Waals surface area contributed by atoms with Gasteiger partial charge in [0, 0.05) is 18.8 Å². The molecule has 1 aliphatic heterocycles. The van der Waals surface area contributed by atoms with Gasteiger partial charge in [0.15, 0.2) is 0 Å². The number of amides is 1. The molecule has 1 fully saturated rings. The molecule has 0 atom stereocenters. The van der Waals surface area contributed by atoms with E-state index in [9.17, 15) is 4.79 Å². The van der Waals surface area contributed by atoms with Gasteiger partial charge in [-0.2, -0.15) is 5.10 Å². The zero-order valence-corrected chi connectivity index (χ0v) is 10.5. The van der Waals surface area contributed by atoms with Gasteiger partial charge in [-0.15, -0.1) is 0 Å². The molecule has 3 N–H and O–H groups in total. The normalized spacial score (nSPS) is 19.4. The highest BCUT2D eigenvalue weighted by molar-refractivity contribution is 5.95. The van der Waals surface area contributed by atoms with Crippen molar-refractivity contribution in [3.63, 3.8) is 0 Å². The molecule has 17 heavy (non-hydrogen) atoms. The molecule has 0 saturated carbocycles. The van der Waals surface area contributed by atoms with Crippen molar-refractivity contribution < 1.29 is 4.79 Å². The van der Waals surface area contributed by atoms with Gasteiger partial charge in [0.25, 0.3) is 5.91 Å². The molecule has 1 aliphatic rings. The first-order valence-electron chi connectivity index (χ1n) is 6.05. The minimum absolute atomic E-state index is 0.0790. The number of rotatable bonds is 2. The first-order valence-corrected chi connectivity index (χ1v) is 6.05. The molecule has 1 saturated heterocycles. The summed E-state index contributed by atoms with van der Waals surface area (Å²) in [5.74, 6) is 0.0790. The van der Waals surface area contributed by atoms with E-state index in [0.29, 0.717) is 12.1 Å². The number of H-pyrrole nitrogens is 1. The van der Waals surface area contributed by atoms with Gasteiger partial charge in [0.2, 0.25) is 0 Å². The molecule has 0 bridgehead atoms. The molecule has 1 aromatic heterocycles. The maximum absolute atomic E-state index is 12.2. The van der Waals surface area contributed by atoms with E-state index in [0.717, 1.165) is 31.6 Å². The zero-order valence-electron chi connectivity index (χ0n) is 10.5. The average molecular weight is 236 g/mol. The van der Waals surface area contributed by atoms with Crippen LogP contribution in [-0.4, -0.2) is 40.6 Å². The van der Waals surface area contributed by atoms with Crippen molar-refractivity contribution in [2.24, 2.45) is 11.1 Å². The quantitative estimate of drug-likeness (QED) is 0.801. The summed E-state index contributed by atoms with van der Waals surface area (Å²) in [6, 6.07) is 0. The lowest BCUT2D eigenvalue weighted by Crippen LogP contribution is -2.44. The lowest BCUT2D eigenvalue weighted by molar-refractivity contribution is 0.0617. The van der Waals surface area contributed by atoms with Crippen molar-refractivity contribution in [1.29, 1.82) is 0 Å². The van der Waals surface area contributed by atoms with Gasteiger partial charge in [0.05, 0.1) is 11.8 Å². The van der Waals surface area contributed by atoms with E-state index in [2.05, 4.69) is 17.1 Å². The first kappa shape index (κ1) is 12.1. The summed E-state index contributed by atoms with van der Waals surface area (Å²) in [5, 5.41) is 6.69. The second-order valence-corrected chi connectivity index (χ2v) is 5.22. The summed E-state index contributed by atoms with van der Waals surface area (Å²) in [4.78, 5) is 14.1. The number of nitrogens with one attached hydrogen (secondary N) is 1. The number of aromatic amines is 1.